The van der Waals surface area contributed by atoms with Crippen molar-refractivity contribution in [1.29, 1.82) is 0 Å². The summed E-state index contributed by atoms with van der Waals surface area (Å²) < 4.78 is 13.1. The summed E-state index contributed by atoms with van der Waals surface area (Å²) in [6.07, 6.45) is 0. The summed E-state index contributed by atoms with van der Waals surface area (Å²) in [6, 6.07) is 10.6. The van der Waals surface area contributed by atoms with Gasteiger partial charge in [0, 0.05) is 24.8 Å². The van der Waals surface area contributed by atoms with E-state index in [1.807, 2.05) is 0 Å². The fraction of sp³-hybridized carbons (Fsp3) is 0.133. The molecule has 0 aliphatic carbocycles. The van der Waals surface area contributed by atoms with Crippen LogP contribution in [0.15, 0.2) is 42.5 Å². The van der Waals surface area contributed by atoms with Crippen LogP contribution in [0.3, 0.4) is 0 Å². The second-order valence-electron chi connectivity index (χ2n) is 4.71. The largest absolute Gasteiger partial charge is 0.378 e. The van der Waals surface area contributed by atoms with E-state index in [-0.39, 0.29) is 10.7 Å². The molecule has 2 aromatic rings. The van der Waals surface area contributed by atoms with Gasteiger partial charge < -0.3 is 16.0 Å². The Labute approximate surface area is 148 Å². The molecular formula is C15H14ClFN4O2S. The minimum absolute atomic E-state index is 0.000791. The molecule has 6 nitrogen and oxygen atoms in total. The van der Waals surface area contributed by atoms with Gasteiger partial charge in [-0.05, 0) is 36.5 Å². The van der Waals surface area contributed by atoms with Gasteiger partial charge in [-0.25, -0.2) is 4.39 Å². The van der Waals surface area contributed by atoms with Gasteiger partial charge in [0.15, 0.2) is 5.11 Å². The first-order chi connectivity index (χ1) is 11.5. The van der Waals surface area contributed by atoms with Crippen LogP contribution in [-0.4, -0.2) is 23.1 Å². The summed E-state index contributed by atoms with van der Waals surface area (Å²) in [5, 5.41) is 20.0. The first kappa shape index (κ1) is 17.9. The van der Waals surface area contributed by atoms with Crippen molar-refractivity contribution < 1.29 is 9.31 Å². The molecule has 9 heteroatoms. The van der Waals surface area contributed by atoms with E-state index < -0.39 is 10.7 Å². The highest BCUT2D eigenvalue weighted by molar-refractivity contribution is 7.80. The van der Waals surface area contributed by atoms with Gasteiger partial charge in [0.25, 0.3) is 5.69 Å². The zero-order valence-electron chi connectivity index (χ0n) is 12.4. The van der Waals surface area contributed by atoms with Gasteiger partial charge in [-0.15, -0.1) is 0 Å². The Morgan fingerprint density at radius 3 is 2.71 bits per heavy atom. The molecule has 3 N–H and O–H groups in total. The Morgan fingerprint density at radius 2 is 2.00 bits per heavy atom. The number of halogens is 2. The third kappa shape index (κ3) is 5.04. The van der Waals surface area contributed by atoms with Gasteiger partial charge in [-0.1, -0.05) is 23.7 Å². The molecule has 0 amide bonds. The van der Waals surface area contributed by atoms with E-state index in [4.69, 9.17) is 23.8 Å². The third-order valence-electron chi connectivity index (χ3n) is 3.00. The topological polar surface area (TPSA) is 79.2 Å². The predicted octanol–water partition coefficient (Wildman–Crippen LogP) is 3.79. The highest BCUT2D eigenvalue weighted by Gasteiger charge is 2.11. The molecule has 0 aliphatic heterocycles. The van der Waals surface area contributed by atoms with Crippen molar-refractivity contribution in [2.45, 2.75) is 0 Å². The van der Waals surface area contributed by atoms with E-state index in [0.29, 0.717) is 29.6 Å². The van der Waals surface area contributed by atoms with Crippen LogP contribution in [0.4, 0.5) is 21.5 Å². The van der Waals surface area contributed by atoms with Crippen LogP contribution in [0.2, 0.25) is 5.02 Å². The van der Waals surface area contributed by atoms with Crippen molar-refractivity contribution in [3.8, 4) is 0 Å². The number of benzene rings is 2. The van der Waals surface area contributed by atoms with Crippen LogP contribution in [0.25, 0.3) is 0 Å². The molecule has 126 valence electrons. The Hall–Kier alpha value is -2.45. The Balaban J connectivity index is 1.79. The molecule has 0 atom stereocenters. The summed E-state index contributed by atoms with van der Waals surface area (Å²) in [5.74, 6) is -0.505. The molecule has 24 heavy (non-hydrogen) atoms. The van der Waals surface area contributed by atoms with Crippen LogP contribution in [0, 0.1) is 15.9 Å². The molecule has 0 spiro atoms. The second-order valence-corrected chi connectivity index (χ2v) is 5.53. The molecule has 0 saturated heterocycles. The van der Waals surface area contributed by atoms with Crippen molar-refractivity contribution in [3.63, 3.8) is 0 Å². The molecule has 0 heterocycles. The lowest BCUT2D eigenvalue weighted by Crippen LogP contribution is -2.32. The van der Waals surface area contributed by atoms with E-state index in [1.54, 1.807) is 18.2 Å². The molecule has 0 aromatic heterocycles. The van der Waals surface area contributed by atoms with Crippen LogP contribution < -0.4 is 16.0 Å². The number of para-hydroxylation sites is 2. The van der Waals surface area contributed by atoms with Crippen molar-refractivity contribution in [2.24, 2.45) is 0 Å². The Bertz CT molecular complexity index is 760. The second kappa shape index (κ2) is 8.42. The summed E-state index contributed by atoms with van der Waals surface area (Å²) in [6.45, 7) is 0.865. The molecule has 2 aromatic carbocycles. The van der Waals surface area contributed by atoms with E-state index in [0.717, 1.165) is 0 Å². The van der Waals surface area contributed by atoms with E-state index in [2.05, 4.69) is 16.0 Å². The zero-order valence-corrected chi connectivity index (χ0v) is 14.0. The predicted molar refractivity (Wildman–Crippen MR) is 97.2 cm³/mol. The smallest absolute Gasteiger partial charge is 0.292 e. The lowest BCUT2D eigenvalue weighted by molar-refractivity contribution is -0.384. The molecule has 0 saturated carbocycles. The van der Waals surface area contributed by atoms with Crippen molar-refractivity contribution in [3.05, 3.63) is 63.4 Å². The summed E-state index contributed by atoms with van der Waals surface area (Å²) in [4.78, 5) is 10.5. The number of hydrogen-bond acceptors (Lipinski definition) is 4. The van der Waals surface area contributed by atoms with Crippen molar-refractivity contribution in [1.82, 2.24) is 5.32 Å². The number of rotatable bonds is 6. The van der Waals surface area contributed by atoms with Crippen LogP contribution >= 0.6 is 23.8 Å². The number of nitrogens with zero attached hydrogens (tertiary/aromatic N) is 1. The summed E-state index contributed by atoms with van der Waals surface area (Å²) in [7, 11) is 0. The number of thiocarbonyl (C=S) groups is 1. The fourth-order valence-corrected chi connectivity index (χ4v) is 2.31. The zero-order chi connectivity index (χ0) is 17.5. The third-order valence-corrected chi connectivity index (χ3v) is 3.54. The van der Waals surface area contributed by atoms with Crippen molar-refractivity contribution >= 4 is 46.0 Å². The molecule has 2 rings (SSSR count). The highest BCUT2D eigenvalue weighted by atomic mass is 35.5. The number of hydrogen-bond donors (Lipinski definition) is 3. The van der Waals surface area contributed by atoms with Crippen LogP contribution in [-0.2, 0) is 0 Å². The lowest BCUT2D eigenvalue weighted by Gasteiger charge is -2.12. The molecule has 0 bridgehead atoms. The van der Waals surface area contributed by atoms with Crippen LogP contribution in [0.1, 0.15) is 0 Å². The Kier molecular flexibility index (Phi) is 6.28. The average Bonchev–Trinajstić information content (AvgIpc) is 2.55. The van der Waals surface area contributed by atoms with Gasteiger partial charge in [-0.3, -0.25) is 10.1 Å². The maximum atomic E-state index is 13.1. The maximum Gasteiger partial charge on any atom is 0.292 e. The lowest BCUT2D eigenvalue weighted by atomic mass is 10.2. The summed E-state index contributed by atoms with van der Waals surface area (Å²) in [5.41, 5.74) is 1.01. The first-order valence-electron chi connectivity index (χ1n) is 6.94. The quantitative estimate of drug-likeness (QED) is 0.311. The van der Waals surface area contributed by atoms with Crippen molar-refractivity contribution in [2.75, 3.05) is 23.7 Å². The maximum absolute atomic E-state index is 13.1. The average molecular weight is 369 g/mol. The first-order valence-corrected chi connectivity index (χ1v) is 7.73. The van der Waals surface area contributed by atoms with Gasteiger partial charge in [0.2, 0.25) is 0 Å². The standard InChI is InChI=1S/C15H14ClFN4O2S/c16-11-9-10(5-6-12(11)17)20-15(24)19-8-7-18-13-3-1-2-4-14(13)21(22)23/h1-6,9,18H,7-8H2,(H2,19,20,24). The van der Waals surface area contributed by atoms with Gasteiger partial charge in [-0.2, -0.15) is 0 Å². The SMILES string of the molecule is O=[N+]([O-])c1ccccc1NCCNC(=S)Nc1ccc(F)c(Cl)c1. The monoisotopic (exact) mass is 368 g/mol. The van der Waals surface area contributed by atoms with E-state index in [9.17, 15) is 14.5 Å². The molecule has 0 aliphatic rings. The molecular weight excluding hydrogens is 355 g/mol. The fourth-order valence-electron chi connectivity index (χ4n) is 1.90. The Morgan fingerprint density at radius 1 is 1.25 bits per heavy atom. The normalized spacial score (nSPS) is 10.1. The van der Waals surface area contributed by atoms with Gasteiger partial charge in [0.05, 0.1) is 9.95 Å². The highest BCUT2D eigenvalue weighted by Crippen LogP contribution is 2.22. The minimum Gasteiger partial charge on any atom is -0.378 e. The number of nitrogens with one attached hydrogen (secondary N) is 3. The van der Waals surface area contributed by atoms with Gasteiger partial charge >= 0.3 is 0 Å². The molecule has 0 fully saturated rings. The minimum atomic E-state index is -0.505. The van der Waals surface area contributed by atoms with Gasteiger partial charge in [0.1, 0.15) is 11.5 Å². The molecule has 0 radical (unpaired) electrons. The molecule has 0 unspecified atom stereocenters. The summed E-state index contributed by atoms with van der Waals surface area (Å²) >= 11 is 10.8. The number of nitro groups is 1. The van der Waals surface area contributed by atoms with Crippen LogP contribution in [0.5, 0.6) is 0 Å². The number of nitro benzene ring substituents is 1. The van der Waals surface area contributed by atoms with E-state index >= 15 is 0 Å². The number of anilines is 2. The van der Waals surface area contributed by atoms with E-state index in [1.165, 1.54) is 24.3 Å².